The number of aromatic nitrogens is 3. The number of nitrogens with one attached hydrogen (secondary N) is 1. The van der Waals surface area contributed by atoms with Gasteiger partial charge < -0.3 is 9.84 Å². The Labute approximate surface area is 172 Å². The summed E-state index contributed by atoms with van der Waals surface area (Å²) in [5.74, 6) is 2.27. The average Bonchev–Trinajstić information content (AvgIpc) is 2.97. The number of aryl methyl sites for hydroxylation is 2. The highest BCUT2D eigenvalue weighted by Crippen LogP contribution is 2.46. The van der Waals surface area contributed by atoms with Gasteiger partial charge in [0, 0.05) is 37.3 Å². The quantitative estimate of drug-likeness (QED) is 0.718. The standard InChI is InChI=1S/C21H32ClN5O/c1-14(2)5-9-23-21(7-8-21)16-6-10-27(12-16)13-17-19(24-26(4)20(17)22)18-11-15(3)28-25-18/h11,14,16,23H,5-10,12-13H2,1-4H3. The van der Waals surface area contributed by atoms with Crippen molar-refractivity contribution in [2.45, 2.75) is 58.5 Å². The first-order valence-electron chi connectivity index (χ1n) is 10.5. The van der Waals surface area contributed by atoms with Crippen molar-refractivity contribution in [1.29, 1.82) is 0 Å². The summed E-state index contributed by atoms with van der Waals surface area (Å²) in [5.41, 5.74) is 3.04. The van der Waals surface area contributed by atoms with Gasteiger partial charge in [0.25, 0.3) is 0 Å². The zero-order valence-corrected chi connectivity index (χ0v) is 18.2. The van der Waals surface area contributed by atoms with Crippen molar-refractivity contribution in [1.82, 2.24) is 25.2 Å². The fraction of sp³-hybridized carbons (Fsp3) is 0.714. The highest BCUT2D eigenvalue weighted by atomic mass is 35.5. The molecule has 0 radical (unpaired) electrons. The largest absolute Gasteiger partial charge is 0.361 e. The summed E-state index contributed by atoms with van der Waals surface area (Å²) in [5, 5.41) is 13.3. The van der Waals surface area contributed by atoms with Gasteiger partial charge in [-0.05, 0) is 57.5 Å². The molecular formula is C21H32ClN5O. The third-order valence-corrected chi connectivity index (χ3v) is 6.84. The zero-order chi connectivity index (χ0) is 19.9. The first kappa shape index (κ1) is 19.9. The minimum absolute atomic E-state index is 0.383. The molecule has 0 amide bonds. The number of rotatable bonds is 8. The average molecular weight is 406 g/mol. The smallest absolute Gasteiger partial charge is 0.134 e. The van der Waals surface area contributed by atoms with Crippen molar-refractivity contribution in [3.63, 3.8) is 0 Å². The van der Waals surface area contributed by atoms with Crippen LogP contribution in [0.3, 0.4) is 0 Å². The molecule has 6 nitrogen and oxygen atoms in total. The van der Waals surface area contributed by atoms with Crippen LogP contribution in [0.2, 0.25) is 5.15 Å². The Hall–Kier alpha value is -1.37. The van der Waals surface area contributed by atoms with E-state index in [1.807, 2.05) is 20.0 Å². The third kappa shape index (κ3) is 4.00. The third-order valence-electron chi connectivity index (χ3n) is 6.36. The molecule has 0 bridgehead atoms. The molecule has 0 spiro atoms. The SMILES string of the molecule is Cc1cc(-c2nn(C)c(Cl)c2CN2CCC(C3(NCCC(C)C)CC3)C2)no1. The van der Waals surface area contributed by atoms with Crippen LogP contribution in [0.25, 0.3) is 11.4 Å². The van der Waals surface area contributed by atoms with E-state index in [0.29, 0.717) is 10.7 Å². The molecule has 1 N–H and O–H groups in total. The van der Waals surface area contributed by atoms with Gasteiger partial charge in [0.05, 0.1) is 0 Å². The molecule has 28 heavy (non-hydrogen) atoms. The molecule has 2 aromatic heterocycles. The van der Waals surface area contributed by atoms with Gasteiger partial charge in [-0.3, -0.25) is 9.58 Å². The van der Waals surface area contributed by atoms with Gasteiger partial charge in [0.15, 0.2) is 0 Å². The van der Waals surface area contributed by atoms with Crippen LogP contribution in [0, 0.1) is 18.8 Å². The second-order valence-corrected chi connectivity index (χ2v) is 9.41. The van der Waals surface area contributed by atoms with Crippen molar-refractivity contribution in [3.05, 3.63) is 22.5 Å². The molecule has 1 saturated carbocycles. The number of nitrogens with zero attached hydrogens (tertiary/aromatic N) is 4. The van der Waals surface area contributed by atoms with Gasteiger partial charge >= 0.3 is 0 Å². The Morgan fingerprint density at radius 3 is 2.82 bits per heavy atom. The van der Waals surface area contributed by atoms with Gasteiger partial charge in [-0.1, -0.05) is 30.6 Å². The molecule has 1 saturated heterocycles. The van der Waals surface area contributed by atoms with E-state index in [0.717, 1.165) is 60.7 Å². The fourth-order valence-electron chi connectivity index (χ4n) is 4.50. The maximum Gasteiger partial charge on any atom is 0.134 e. The van der Waals surface area contributed by atoms with Crippen LogP contribution in [-0.2, 0) is 13.6 Å². The molecule has 2 aliphatic rings. The predicted molar refractivity (Wildman–Crippen MR) is 111 cm³/mol. The number of hydrogen-bond acceptors (Lipinski definition) is 5. The van der Waals surface area contributed by atoms with Crippen molar-refractivity contribution < 1.29 is 4.52 Å². The van der Waals surface area contributed by atoms with E-state index in [1.165, 1.54) is 25.7 Å². The highest BCUT2D eigenvalue weighted by molar-refractivity contribution is 6.30. The predicted octanol–water partition coefficient (Wildman–Crippen LogP) is 4.03. The molecule has 2 aromatic rings. The summed E-state index contributed by atoms with van der Waals surface area (Å²) in [6, 6.07) is 1.92. The Morgan fingerprint density at radius 1 is 1.39 bits per heavy atom. The van der Waals surface area contributed by atoms with E-state index in [9.17, 15) is 0 Å². The molecule has 0 aromatic carbocycles. The van der Waals surface area contributed by atoms with Gasteiger partial charge in [-0.25, -0.2) is 0 Å². The fourth-order valence-corrected chi connectivity index (χ4v) is 4.68. The van der Waals surface area contributed by atoms with Crippen molar-refractivity contribution in [2.24, 2.45) is 18.9 Å². The number of likely N-dealkylation sites (tertiary alicyclic amines) is 1. The maximum absolute atomic E-state index is 6.59. The first-order chi connectivity index (χ1) is 13.4. The minimum atomic E-state index is 0.383. The Balaban J connectivity index is 1.42. The van der Waals surface area contributed by atoms with Crippen LogP contribution in [-0.4, -0.2) is 45.0 Å². The van der Waals surface area contributed by atoms with Crippen molar-refractivity contribution >= 4 is 11.6 Å². The Kier molecular flexibility index (Phi) is 5.55. The van der Waals surface area contributed by atoms with E-state index in [-0.39, 0.29) is 0 Å². The van der Waals surface area contributed by atoms with E-state index < -0.39 is 0 Å². The molecular weight excluding hydrogens is 374 g/mol. The van der Waals surface area contributed by atoms with Crippen LogP contribution in [0.5, 0.6) is 0 Å². The van der Waals surface area contributed by atoms with Gasteiger partial charge in [0.1, 0.15) is 22.3 Å². The van der Waals surface area contributed by atoms with E-state index >= 15 is 0 Å². The summed E-state index contributed by atoms with van der Waals surface area (Å²) in [6.45, 7) is 10.7. The molecule has 1 unspecified atom stereocenters. The van der Waals surface area contributed by atoms with E-state index in [4.69, 9.17) is 16.1 Å². The molecule has 4 rings (SSSR count). The second kappa shape index (κ2) is 7.81. The van der Waals surface area contributed by atoms with Crippen LogP contribution >= 0.6 is 11.6 Å². The second-order valence-electron chi connectivity index (χ2n) is 9.05. The summed E-state index contributed by atoms with van der Waals surface area (Å²) < 4.78 is 6.99. The van der Waals surface area contributed by atoms with Crippen molar-refractivity contribution in [2.75, 3.05) is 19.6 Å². The van der Waals surface area contributed by atoms with Gasteiger partial charge in [-0.2, -0.15) is 5.10 Å². The molecule has 1 aliphatic carbocycles. The zero-order valence-electron chi connectivity index (χ0n) is 17.5. The van der Waals surface area contributed by atoms with Gasteiger partial charge in [-0.15, -0.1) is 0 Å². The van der Waals surface area contributed by atoms with Crippen LogP contribution in [0.1, 0.15) is 50.9 Å². The minimum Gasteiger partial charge on any atom is -0.361 e. The lowest BCUT2D eigenvalue weighted by Gasteiger charge is -2.25. The molecule has 7 heteroatoms. The summed E-state index contributed by atoms with van der Waals surface area (Å²) in [4.78, 5) is 2.52. The molecule has 154 valence electrons. The van der Waals surface area contributed by atoms with Crippen molar-refractivity contribution in [3.8, 4) is 11.4 Å². The van der Waals surface area contributed by atoms with Crippen LogP contribution in [0.4, 0.5) is 0 Å². The monoisotopic (exact) mass is 405 g/mol. The number of hydrogen-bond donors (Lipinski definition) is 1. The first-order valence-corrected chi connectivity index (χ1v) is 10.9. The molecule has 3 heterocycles. The highest BCUT2D eigenvalue weighted by Gasteiger charge is 2.50. The van der Waals surface area contributed by atoms with Gasteiger partial charge in [0.2, 0.25) is 0 Å². The Bertz CT molecular complexity index is 823. The lowest BCUT2D eigenvalue weighted by Crippen LogP contribution is -2.40. The summed E-state index contributed by atoms with van der Waals surface area (Å²) >= 11 is 6.59. The summed E-state index contributed by atoms with van der Waals surface area (Å²) in [6.07, 6.45) is 5.15. The molecule has 2 fully saturated rings. The van der Waals surface area contributed by atoms with E-state index in [1.54, 1.807) is 4.68 Å². The molecule has 1 atom stereocenters. The Morgan fingerprint density at radius 2 is 2.18 bits per heavy atom. The topological polar surface area (TPSA) is 59.1 Å². The lowest BCUT2D eigenvalue weighted by molar-refractivity contribution is 0.280. The lowest BCUT2D eigenvalue weighted by atomic mass is 9.96. The van der Waals surface area contributed by atoms with Crippen LogP contribution in [0.15, 0.2) is 10.6 Å². The summed E-state index contributed by atoms with van der Waals surface area (Å²) in [7, 11) is 1.88. The molecule has 1 aliphatic heterocycles. The van der Waals surface area contributed by atoms with Crippen LogP contribution < -0.4 is 5.32 Å². The number of halogens is 1. The normalized spacial score (nSPS) is 21.7. The van der Waals surface area contributed by atoms with E-state index in [2.05, 4.69) is 34.3 Å². The maximum atomic E-state index is 6.59.